The number of nitrogens with zero attached hydrogens (tertiary/aromatic N) is 1. The normalized spacial score (nSPS) is 17.8. The molecule has 5 nitrogen and oxygen atoms in total. The van der Waals surface area contributed by atoms with Gasteiger partial charge in [0.2, 0.25) is 0 Å². The first kappa shape index (κ1) is 22.5. The second-order valence-electron chi connectivity index (χ2n) is 7.70. The van der Waals surface area contributed by atoms with Gasteiger partial charge in [-0.25, -0.2) is 0 Å². The van der Waals surface area contributed by atoms with Crippen LogP contribution in [0.4, 0.5) is 24.5 Å². The molecule has 0 saturated carbocycles. The van der Waals surface area contributed by atoms with E-state index in [4.69, 9.17) is 9.47 Å². The molecule has 0 aromatic heterocycles. The molecule has 4 rings (SSSR count). The van der Waals surface area contributed by atoms with Crippen molar-refractivity contribution in [1.29, 1.82) is 0 Å². The van der Waals surface area contributed by atoms with Crippen molar-refractivity contribution in [3.8, 4) is 11.5 Å². The standard InChI is InChI=1S/C25H23F3N2O3/c1-32-19-11-7-16(8-12-19)23-21(29-24(31)25(26,27)28)15-17-5-3-4-6-22(17)30(23)18-9-13-20(33-2)14-10-18/h3-14,21,23H,15H2,1-2H3,(H,29,31)/t21-,23+/m0/s1. The first-order valence-electron chi connectivity index (χ1n) is 10.3. The van der Waals surface area contributed by atoms with E-state index in [1.807, 2.05) is 41.3 Å². The minimum Gasteiger partial charge on any atom is -0.497 e. The highest BCUT2D eigenvalue weighted by atomic mass is 19.4. The van der Waals surface area contributed by atoms with Crippen molar-refractivity contribution in [3.63, 3.8) is 0 Å². The molecule has 0 saturated heterocycles. The van der Waals surface area contributed by atoms with Gasteiger partial charge in [0.1, 0.15) is 11.5 Å². The third-order valence-corrected chi connectivity index (χ3v) is 5.73. The van der Waals surface area contributed by atoms with Crippen LogP contribution in [0.15, 0.2) is 72.8 Å². The fraction of sp³-hybridized carbons (Fsp3) is 0.240. The third-order valence-electron chi connectivity index (χ3n) is 5.73. The van der Waals surface area contributed by atoms with Crippen LogP contribution in [0.5, 0.6) is 11.5 Å². The summed E-state index contributed by atoms with van der Waals surface area (Å²) in [6.45, 7) is 0. The van der Waals surface area contributed by atoms with Gasteiger partial charge in [-0.1, -0.05) is 30.3 Å². The Bertz CT molecular complexity index is 1110. The molecule has 2 atom stereocenters. The van der Waals surface area contributed by atoms with E-state index < -0.39 is 24.2 Å². The van der Waals surface area contributed by atoms with E-state index in [0.29, 0.717) is 11.5 Å². The number of alkyl halides is 3. The monoisotopic (exact) mass is 456 g/mol. The van der Waals surface area contributed by atoms with Crippen LogP contribution in [0.1, 0.15) is 17.2 Å². The molecule has 1 aliphatic rings. The second-order valence-corrected chi connectivity index (χ2v) is 7.70. The quantitative estimate of drug-likeness (QED) is 0.575. The van der Waals surface area contributed by atoms with Gasteiger partial charge in [-0.3, -0.25) is 4.79 Å². The number of ether oxygens (including phenoxy) is 2. The minimum atomic E-state index is -4.98. The zero-order chi connectivity index (χ0) is 23.6. The summed E-state index contributed by atoms with van der Waals surface area (Å²) in [5.41, 5.74) is 3.20. The number of anilines is 2. The maximum Gasteiger partial charge on any atom is 0.471 e. The van der Waals surface area contributed by atoms with Gasteiger partial charge >= 0.3 is 12.1 Å². The Hall–Kier alpha value is -3.68. The number of hydrogen-bond acceptors (Lipinski definition) is 4. The lowest BCUT2D eigenvalue weighted by Gasteiger charge is -2.44. The summed E-state index contributed by atoms with van der Waals surface area (Å²) in [6, 6.07) is 20.5. The lowest BCUT2D eigenvalue weighted by Crippen LogP contribution is -2.52. The average Bonchev–Trinajstić information content (AvgIpc) is 2.83. The van der Waals surface area contributed by atoms with Crippen LogP contribution in [0.3, 0.4) is 0 Å². The SMILES string of the molecule is COc1ccc([C@@H]2[C@@H](NC(=O)C(F)(F)F)Cc3ccccc3N2c2ccc(OC)cc2)cc1. The molecule has 0 unspecified atom stereocenters. The van der Waals surface area contributed by atoms with Gasteiger partial charge in [-0.2, -0.15) is 13.2 Å². The Morgan fingerprint density at radius 3 is 2.06 bits per heavy atom. The van der Waals surface area contributed by atoms with Crippen LogP contribution >= 0.6 is 0 Å². The molecule has 172 valence electrons. The fourth-order valence-electron chi connectivity index (χ4n) is 4.20. The van der Waals surface area contributed by atoms with Gasteiger partial charge in [-0.15, -0.1) is 0 Å². The summed E-state index contributed by atoms with van der Waals surface area (Å²) in [5, 5.41) is 2.24. The molecule has 8 heteroatoms. The highest BCUT2D eigenvalue weighted by Crippen LogP contribution is 2.44. The lowest BCUT2D eigenvalue weighted by atomic mass is 9.86. The van der Waals surface area contributed by atoms with Crippen molar-refractivity contribution in [2.75, 3.05) is 19.1 Å². The first-order chi connectivity index (χ1) is 15.8. The zero-order valence-corrected chi connectivity index (χ0v) is 18.1. The topological polar surface area (TPSA) is 50.8 Å². The molecule has 0 aliphatic carbocycles. The van der Waals surface area contributed by atoms with E-state index in [0.717, 1.165) is 22.5 Å². The molecular formula is C25H23F3N2O3. The Morgan fingerprint density at radius 1 is 0.909 bits per heavy atom. The third kappa shape index (κ3) is 4.60. The molecule has 1 aliphatic heterocycles. The predicted molar refractivity (Wildman–Crippen MR) is 119 cm³/mol. The van der Waals surface area contributed by atoms with Crippen LogP contribution in [-0.4, -0.2) is 32.3 Å². The maximum absolute atomic E-state index is 13.2. The molecule has 3 aromatic rings. The number of benzene rings is 3. The van der Waals surface area contributed by atoms with Crippen molar-refractivity contribution >= 4 is 17.3 Å². The van der Waals surface area contributed by atoms with Gasteiger partial charge in [0.15, 0.2) is 0 Å². The summed E-state index contributed by atoms with van der Waals surface area (Å²) in [5.74, 6) is -0.672. The first-order valence-corrected chi connectivity index (χ1v) is 10.3. The highest BCUT2D eigenvalue weighted by molar-refractivity contribution is 5.83. The number of carbonyl (C=O) groups excluding carboxylic acids is 1. The number of methoxy groups -OCH3 is 2. The summed E-state index contributed by atoms with van der Waals surface area (Å²) >= 11 is 0. The van der Waals surface area contributed by atoms with Crippen LogP contribution in [0.2, 0.25) is 0 Å². The molecule has 3 aromatic carbocycles. The molecule has 0 spiro atoms. The van der Waals surface area contributed by atoms with Crippen molar-refractivity contribution in [2.24, 2.45) is 0 Å². The fourth-order valence-corrected chi connectivity index (χ4v) is 4.20. The number of carbonyl (C=O) groups is 1. The van der Waals surface area contributed by atoms with E-state index in [1.165, 1.54) is 0 Å². The number of para-hydroxylation sites is 1. The number of rotatable bonds is 5. The zero-order valence-electron chi connectivity index (χ0n) is 18.1. The van der Waals surface area contributed by atoms with E-state index in [9.17, 15) is 18.0 Å². The van der Waals surface area contributed by atoms with Crippen molar-refractivity contribution in [2.45, 2.75) is 24.7 Å². The largest absolute Gasteiger partial charge is 0.497 e. The molecule has 1 amide bonds. The van der Waals surface area contributed by atoms with Gasteiger partial charge < -0.3 is 19.7 Å². The Balaban J connectivity index is 1.86. The molecule has 1 N–H and O–H groups in total. The number of hydrogen-bond donors (Lipinski definition) is 1. The van der Waals surface area contributed by atoms with E-state index in [2.05, 4.69) is 5.32 Å². The average molecular weight is 456 g/mol. The molecule has 0 bridgehead atoms. The van der Waals surface area contributed by atoms with Gasteiger partial charge in [0.25, 0.3) is 0 Å². The summed E-state index contributed by atoms with van der Waals surface area (Å²) < 4.78 is 50.0. The maximum atomic E-state index is 13.2. The summed E-state index contributed by atoms with van der Waals surface area (Å²) in [6.07, 6.45) is -4.73. The molecule has 1 heterocycles. The molecule has 0 radical (unpaired) electrons. The van der Waals surface area contributed by atoms with Gasteiger partial charge in [0.05, 0.1) is 26.3 Å². The Morgan fingerprint density at radius 2 is 1.48 bits per heavy atom. The molecule has 0 fully saturated rings. The van der Waals surface area contributed by atoms with Crippen molar-refractivity contribution in [3.05, 3.63) is 83.9 Å². The van der Waals surface area contributed by atoms with E-state index in [-0.39, 0.29) is 6.42 Å². The van der Waals surface area contributed by atoms with Gasteiger partial charge in [-0.05, 0) is 60.0 Å². The van der Waals surface area contributed by atoms with Gasteiger partial charge in [0, 0.05) is 11.4 Å². The van der Waals surface area contributed by atoms with Crippen LogP contribution in [0, 0.1) is 0 Å². The van der Waals surface area contributed by atoms with Crippen LogP contribution < -0.4 is 19.7 Å². The van der Waals surface area contributed by atoms with E-state index >= 15 is 0 Å². The summed E-state index contributed by atoms with van der Waals surface area (Å²) in [7, 11) is 3.11. The number of fused-ring (bicyclic) bond motifs is 1. The van der Waals surface area contributed by atoms with E-state index in [1.54, 1.807) is 50.6 Å². The highest BCUT2D eigenvalue weighted by Gasteiger charge is 2.44. The number of halogens is 3. The number of nitrogens with one attached hydrogen (secondary N) is 1. The minimum absolute atomic E-state index is 0.251. The summed E-state index contributed by atoms with van der Waals surface area (Å²) in [4.78, 5) is 13.9. The number of amides is 1. The smallest absolute Gasteiger partial charge is 0.471 e. The van der Waals surface area contributed by atoms with Crippen LogP contribution in [0.25, 0.3) is 0 Å². The second kappa shape index (κ2) is 9.05. The molecule has 33 heavy (non-hydrogen) atoms. The molecular weight excluding hydrogens is 433 g/mol. The van der Waals surface area contributed by atoms with Crippen molar-refractivity contribution < 1.29 is 27.4 Å². The lowest BCUT2D eigenvalue weighted by molar-refractivity contribution is -0.174. The Kier molecular flexibility index (Phi) is 6.18. The van der Waals surface area contributed by atoms with Crippen molar-refractivity contribution in [1.82, 2.24) is 5.32 Å². The Labute approximate surface area is 189 Å². The predicted octanol–water partition coefficient (Wildman–Crippen LogP) is 5.19. The van der Waals surface area contributed by atoms with Crippen LogP contribution in [-0.2, 0) is 11.2 Å².